The molecule has 22 heavy (non-hydrogen) atoms. The fourth-order valence-electron chi connectivity index (χ4n) is 2.60. The van der Waals surface area contributed by atoms with Crippen molar-refractivity contribution in [3.05, 3.63) is 39.9 Å². The van der Waals surface area contributed by atoms with E-state index in [1.54, 1.807) is 0 Å². The Kier molecular flexibility index (Phi) is 4.59. The van der Waals surface area contributed by atoms with Crippen LogP contribution in [0.15, 0.2) is 24.3 Å². The van der Waals surface area contributed by atoms with Gasteiger partial charge >= 0.3 is 0 Å². The number of hydrogen-bond acceptors (Lipinski definition) is 5. The highest BCUT2D eigenvalue weighted by atomic mass is 35.5. The molecule has 1 aromatic heterocycles. The molecule has 5 nitrogen and oxygen atoms in total. The summed E-state index contributed by atoms with van der Waals surface area (Å²) in [5.41, 5.74) is 1.83. The van der Waals surface area contributed by atoms with Gasteiger partial charge in [-0.25, -0.2) is 0 Å². The third kappa shape index (κ3) is 2.94. The molecule has 1 aliphatic rings. The van der Waals surface area contributed by atoms with E-state index < -0.39 is 0 Å². The van der Waals surface area contributed by atoms with Crippen LogP contribution in [-0.2, 0) is 6.42 Å². The first-order valence-corrected chi connectivity index (χ1v) is 8.45. The van der Waals surface area contributed by atoms with E-state index in [-0.39, 0.29) is 5.91 Å². The maximum absolute atomic E-state index is 12.6. The highest BCUT2D eigenvalue weighted by Crippen LogP contribution is 2.26. The zero-order valence-electron chi connectivity index (χ0n) is 12.3. The number of halogens is 1. The van der Waals surface area contributed by atoms with Gasteiger partial charge in [0, 0.05) is 26.2 Å². The van der Waals surface area contributed by atoms with Crippen molar-refractivity contribution in [2.24, 2.45) is 0 Å². The average molecular weight is 337 g/mol. The first-order valence-electron chi connectivity index (χ1n) is 7.30. The first-order chi connectivity index (χ1) is 10.7. The quantitative estimate of drug-likeness (QED) is 0.864. The number of hydrogen-bond donors (Lipinski definition) is 0. The van der Waals surface area contributed by atoms with Gasteiger partial charge < -0.3 is 9.80 Å². The topological polar surface area (TPSA) is 49.3 Å². The zero-order chi connectivity index (χ0) is 15.5. The number of carbonyl (C=O) groups excluding carboxylic acids is 1. The smallest absolute Gasteiger partial charge is 0.267 e. The normalized spacial score (nSPS) is 15.2. The molecule has 0 saturated carbocycles. The summed E-state index contributed by atoms with van der Waals surface area (Å²) in [7, 11) is 0. The molecule has 0 atom stereocenters. The molecule has 1 fully saturated rings. The molecule has 1 aliphatic heterocycles. The number of nitrogens with zero attached hydrogens (tertiary/aromatic N) is 4. The van der Waals surface area contributed by atoms with Crippen molar-refractivity contribution in [1.82, 2.24) is 14.5 Å². The predicted octanol–water partition coefficient (Wildman–Crippen LogP) is 2.72. The van der Waals surface area contributed by atoms with Gasteiger partial charge in [0.25, 0.3) is 5.91 Å². The van der Waals surface area contributed by atoms with Gasteiger partial charge in [-0.3, -0.25) is 4.79 Å². The van der Waals surface area contributed by atoms with Gasteiger partial charge in [0.15, 0.2) is 0 Å². The summed E-state index contributed by atoms with van der Waals surface area (Å²) in [5.74, 6) is 0.0469. The van der Waals surface area contributed by atoms with Crippen LogP contribution in [0.4, 0.5) is 5.69 Å². The molecule has 1 amide bonds. The molecule has 116 valence electrons. The van der Waals surface area contributed by atoms with Crippen LogP contribution in [0.25, 0.3) is 0 Å². The Morgan fingerprint density at radius 1 is 1.27 bits per heavy atom. The SMILES string of the molecule is CCc1nnsc1C(=O)N1CCN(c2ccccc2Cl)CC1. The Morgan fingerprint density at radius 3 is 2.68 bits per heavy atom. The van der Waals surface area contributed by atoms with Crippen LogP contribution in [-0.4, -0.2) is 46.6 Å². The molecule has 3 rings (SSSR count). The van der Waals surface area contributed by atoms with E-state index in [4.69, 9.17) is 11.6 Å². The second-order valence-electron chi connectivity index (χ2n) is 5.13. The summed E-state index contributed by atoms with van der Waals surface area (Å²) in [6.07, 6.45) is 0.733. The second kappa shape index (κ2) is 6.62. The number of piperazine rings is 1. The average Bonchev–Trinajstić information content (AvgIpc) is 3.03. The van der Waals surface area contributed by atoms with Crippen molar-refractivity contribution < 1.29 is 4.79 Å². The van der Waals surface area contributed by atoms with Crippen molar-refractivity contribution in [2.45, 2.75) is 13.3 Å². The maximum Gasteiger partial charge on any atom is 0.267 e. The lowest BCUT2D eigenvalue weighted by Gasteiger charge is -2.36. The van der Waals surface area contributed by atoms with Crippen molar-refractivity contribution in [3.8, 4) is 0 Å². The third-order valence-electron chi connectivity index (χ3n) is 3.84. The van der Waals surface area contributed by atoms with Gasteiger partial charge in [-0.15, -0.1) is 5.10 Å². The molecule has 0 aliphatic carbocycles. The van der Waals surface area contributed by atoms with Crippen LogP contribution in [0.2, 0.25) is 5.02 Å². The van der Waals surface area contributed by atoms with Gasteiger partial charge in [-0.05, 0) is 30.1 Å². The van der Waals surface area contributed by atoms with E-state index in [9.17, 15) is 4.79 Å². The lowest BCUT2D eigenvalue weighted by molar-refractivity contribution is 0.0750. The van der Waals surface area contributed by atoms with Crippen molar-refractivity contribution in [1.29, 1.82) is 0 Å². The van der Waals surface area contributed by atoms with Gasteiger partial charge in [0.1, 0.15) is 4.88 Å². The number of carbonyl (C=O) groups is 1. The summed E-state index contributed by atoms with van der Waals surface area (Å²) >= 11 is 7.43. The zero-order valence-corrected chi connectivity index (χ0v) is 13.9. The van der Waals surface area contributed by atoms with Gasteiger partial charge in [0.2, 0.25) is 0 Å². The van der Waals surface area contributed by atoms with Crippen molar-refractivity contribution in [3.63, 3.8) is 0 Å². The Bertz CT molecular complexity index is 667. The minimum Gasteiger partial charge on any atom is -0.367 e. The number of anilines is 1. The van der Waals surface area contributed by atoms with Crippen molar-refractivity contribution in [2.75, 3.05) is 31.1 Å². The van der Waals surface area contributed by atoms with Crippen LogP contribution < -0.4 is 4.90 Å². The third-order valence-corrected chi connectivity index (χ3v) is 4.92. The summed E-state index contributed by atoms with van der Waals surface area (Å²) in [6, 6.07) is 7.82. The predicted molar refractivity (Wildman–Crippen MR) is 88.9 cm³/mol. The fourth-order valence-corrected chi connectivity index (χ4v) is 3.58. The van der Waals surface area contributed by atoms with E-state index in [0.29, 0.717) is 18.0 Å². The number of aryl methyl sites for hydroxylation is 1. The monoisotopic (exact) mass is 336 g/mol. The molecule has 7 heteroatoms. The minimum atomic E-state index is 0.0469. The molecule has 0 unspecified atom stereocenters. The summed E-state index contributed by atoms with van der Waals surface area (Å²) < 4.78 is 3.90. The van der Waals surface area contributed by atoms with Crippen molar-refractivity contribution >= 4 is 34.7 Å². The Morgan fingerprint density at radius 2 is 2.00 bits per heavy atom. The number of para-hydroxylation sites is 1. The molecule has 2 aromatic rings. The van der Waals surface area contributed by atoms with Crippen LogP contribution in [0.5, 0.6) is 0 Å². The molecule has 0 spiro atoms. The highest BCUT2D eigenvalue weighted by Gasteiger charge is 2.26. The summed E-state index contributed by atoms with van der Waals surface area (Å²) in [5, 5.41) is 4.77. The largest absolute Gasteiger partial charge is 0.367 e. The lowest BCUT2D eigenvalue weighted by Crippen LogP contribution is -2.48. The first kappa shape index (κ1) is 15.2. The standard InChI is InChI=1S/C15H17ClN4OS/c1-2-12-14(22-18-17-12)15(21)20-9-7-19(8-10-20)13-6-4-3-5-11(13)16/h3-6H,2,7-10H2,1H3. The molecule has 0 bridgehead atoms. The molecule has 1 saturated heterocycles. The summed E-state index contributed by atoms with van der Waals surface area (Å²) in [6.45, 7) is 4.92. The second-order valence-corrected chi connectivity index (χ2v) is 6.29. The van der Waals surface area contributed by atoms with Gasteiger partial charge in [0.05, 0.1) is 16.4 Å². The van der Waals surface area contributed by atoms with E-state index in [2.05, 4.69) is 14.5 Å². The molecule has 1 aromatic carbocycles. The van der Waals surface area contributed by atoms with Gasteiger partial charge in [-0.2, -0.15) is 0 Å². The Balaban J connectivity index is 1.67. The van der Waals surface area contributed by atoms with E-state index in [1.807, 2.05) is 36.1 Å². The Hall–Kier alpha value is -1.66. The van der Waals surface area contributed by atoms with E-state index >= 15 is 0 Å². The number of rotatable bonds is 3. The fraction of sp³-hybridized carbons (Fsp3) is 0.400. The maximum atomic E-state index is 12.6. The van der Waals surface area contributed by atoms with Crippen LogP contribution in [0.1, 0.15) is 22.3 Å². The molecule has 2 heterocycles. The van der Waals surface area contributed by atoms with E-state index in [0.717, 1.165) is 35.9 Å². The van der Waals surface area contributed by atoms with E-state index in [1.165, 1.54) is 11.5 Å². The molecule has 0 N–H and O–H groups in total. The number of aromatic nitrogens is 2. The Labute approximate surface area is 138 Å². The van der Waals surface area contributed by atoms with Crippen LogP contribution in [0.3, 0.4) is 0 Å². The molecular weight excluding hydrogens is 320 g/mol. The lowest BCUT2D eigenvalue weighted by atomic mass is 10.2. The van der Waals surface area contributed by atoms with Gasteiger partial charge in [-0.1, -0.05) is 35.1 Å². The van der Waals surface area contributed by atoms with Crippen LogP contribution in [0, 0.1) is 0 Å². The molecular formula is C15H17ClN4OS. The number of amides is 1. The highest BCUT2D eigenvalue weighted by molar-refractivity contribution is 7.08. The summed E-state index contributed by atoms with van der Waals surface area (Å²) in [4.78, 5) is 17.3. The number of benzene rings is 1. The van der Waals surface area contributed by atoms with Crippen LogP contribution >= 0.6 is 23.1 Å². The minimum absolute atomic E-state index is 0.0469. The molecule has 0 radical (unpaired) electrons.